The Morgan fingerprint density at radius 3 is 3.18 bits per heavy atom. The van der Waals surface area contributed by atoms with Gasteiger partial charge in [0.1, 0.15) is 16.6 Å². The normalized spacial score (nSPS) is 19.7. The molecule has 0 saturated carbocycles. The molecule has 1 atom stereocenters. The van der Waals surface area contributed by atoms with Crippen molar-refractivity contribution in [3.8, 4) is 0 Å². The van der Waals surface area contributed by atoms with Gasteiger partial charge in [0, 0.05) is 26.1 Å². The maximum atomic E-state index is 5.38. The zero-order valence-corrected chi connectivity index (χ0v) is 11.3. The van der Waals surface area contributed by atoms with Crippen LogP contribution in [0.5, 0.6) is 0 Å². The van der Waals surface area contributed by atoms with Crippen molar-refractivity contribution in [2.45, 2.75) is 6.42 Å². The van der Waals surface area contributed by atoms with E-state index in [1.54, 1.807) is 7.11 Å². The number of hydrogen-bond acceptors (Lipinski definition) is 6. The van der Waals surface area contributed by atoms with Crippen LogP contribution in [-0.2, 0) is 4.74 Å². The van der Waals surface area contributed by atoms with Gasteiger partial charge in [0.2, 0.25) is 0 Å². The molecule has 7 heteroatoms. The number of nitrogens with zero attached hydrogens (tertiary/aromatic N) is 3. The number of nitrogen functional groups attached to an aromatic ring is 1. The number of nitrogens with one attached hydrogen (secondary N) is 1. The number of ether oxygens (including phenoxy) is 1. The number of anilines is 2. The van der Waals surface area contributed by atoms with Gasteiger partial charge in [0.15, 0.2) is 5.82 Å². The molecule has 1 aromatic rings. The summed E-state index contributed by atoms with van der Waals surface area (Å²) in [5.41, 5.74) is 2.55. The Bertz CT molecular complexity index is 389. The maximum Gasteiger partial charge on any atom is 0.159 e. The fraction of sp³-hybridized carbons (Fsp3) is 0.600. The molecule has 6 nitrogen and oxygen atoms in total. The van der Waals surface area contributed by atoms with Crippen molar-refractivity contribution >= 4 is 27.6 Å². The van der Waals surface area contributed by atoms with E-state index in [9.17, 15) is 0 Å². The number of hydrogen-bond donors (Lipinski definition) is 2. The third kappa shape index (κ3) is 2.67. The number of methoxy groups -OCH3 is 1. The molecule has 1 fully saturated rings. The van der Waals surface area contributed by atoms with E-state index >= 15 is 0 Å². The lowest BCUT2D eigenvalue weighted by Gasteiger charge is -2.19. The van der Waals surface area contributed by atoms with Crippen molar-refractivity contribution in [1.29, 1.82) is 0 Å². The lowest BCUT2D eigenvalue weighted by atomic mass is 10.1. The van der Waals surface area contributed by atoms with Crippen LogP contribution in [0, 0.1) is 5.92 Å². The fourth-order valence-corrected chi connectivity index (χ4v) is 2.65. The molecule has 0 aliphatic carbocycles. The molecule has 17 heavy (non-hydrogen) atoms. The minimum Gasteiger partial charge on any atom is -0.384 e. The van der Waals surface area contributed by atoms with E-state index in [4.69, 9.17) is 10.6 Å². The van der Waals surface area contributed by atoms with Crippen LogP contribution in [0.3, 0.4) is 0 Å². The third-order valence-corrected chi connectivity index (χ3v) is 3.63. The van der Waals surface area contributed by atoms with Crippen LogP contribution in [-0.4, -0.2) is 36.8 Å². The molecule has 3 N–H and O–H groups in total. The molecule has 0 aromatic carbocycles. The number of halogens is 1. The van der Waals surface area contributed by atoms with Gasteiger partial charge in [0.25, 0.3) is 0 Å². The summed E-state index contributed by atoms with van der Waals surface area (Å²) in [5, 5.41) is 0. The van der Waals surface area contributed by atoms with Crippen molar-refractivity contribution in [2.24, 2.45) is 11.8 Å². The highest BCUT2D eigenvalue weighted by molar-refractivity contribution is 9.10. The van der Waals surface area contributed by atoms with Crippen LogP contribution < -0.4 is 16.2 Å². The van der Waals surface area contributed by atoms with Crippen molar-refractivity contribution in [2.75, 3.05) is 37.1 Å². The van der Waals surface area contributed by atoms with E-state index < -0.39 is 0 Å². The Morgan fingerprint density at radius 2 is 2.47 bits per heavy atom. The molecule has 1 saturated heterocycles. The van der Waals surface area contributed by atoms with Gasteiger partial charge < -0.3 is 15.1 Å². The first-order valence-electron chi connectivity index (χ1n) is 5.47. The van der Waals surface area contributed by atoms with Crippen LogP contribution >= 0.6 is 15.9 Å². The molecule has 1 unspecified atom stereocenters. The first kappa shape index (κ1) is 12.5. The smallest absolute Gasteiger partial charge is 0.159 e. The molecule has 0 radical (unpaired) electrons. The van der Waals surface area contributed by atoms with Gasteiger partial charge in [-0.1, -0.05) is 0 Å². The van der Waals surface area contributed by atoms with Gasteiger partial charge in [0.05, 0.1) is 6.61 Å². The summed E-state index contributed by atoms with van der Waals surface area (Å²) in [7, 11) is 1.74. The average molecular weight is 302 g/mol. The van der Waals surface area contributed by atoms with Crippen molar-refractivity contribution < 1.29 is 4.74 Å². The quantitative estimate of drug-likeness (QED) is 0.638. The number of aromatic nitrogens is 2. The molecule has 1 aliphatic heterocycles. The molecule has 0 spiro atoms. The van der Waals surface area contributed by atoms with E-state index in [0.29, 0.717) is 11.7 Å². The molecule has 2 rings (SSSR count). The summed E-state index contributed by atoms with van der Waals surface area (Å²) >= 11 is 3.47. The van der Waals surface area contributed by atoms with Crippen molar-refractivity contribution in [1.82, 2.24) is 9.97 Å². The van der Waals surface area contributed by atoms with Crippen LogP contribution in [0.25, 0.3) is 0 Å². The van der Waals surface area contributed by atoms with Gasteiger partial charge in [-0.25, -0.2) is 15.8 Å². The Morgan fingerprint density at radius 1 is 1.65 bits per heavy atom. The third-order valence-electron chi connectivity index (χ3n) is 2.90. The van der Waals surface area contributed by atoms with Gasteiger partial charge >= 0.3 is 0 Å². The highest BCUT2D eigenvalue weighted by Gasteiger charge is 2.25. The van der Waals surface area contributed by atoms with E-state index in [2.05, 4.69) is 36.2 Å². The molecule has 2 heterocycles. The molecule has 0 bridgehead atoms. The minimum atomic E-state index is 0.566. The second-order valence-electron chi connectivity index (χ2n) is 4.06. The molecular formula is C10H16BrN5O. The topological polar surface area (TPSA) is 76.3 Å². The van der Waals surface area contributed by atoms with Crippen LogP contribution in [0.4, 0.5) is 11.6 Å². The Hall–Kier alpha value is -0.920. The second-order valence-corrected chi connectivity index (χ2v) is 4.85. The van der Waals surface area contributed by atoms with Crippen molar-refractivity contribution in [3.05, 3.63) is 10.8 Å². The first-order chi connectivity index (χ1) is 8.26. The SMILES string of the molecule is COCC1CCN(c2ncnc(NN)c2Br)C1. The van der Waals surface area contributed by atoms with Crippen LogP contribution in [0.2, 0.25) is 0 Å². The fourth-order valence-electron chi connectivity index (χ4n) is 2.08. The van der Waals surface area contributed by atoms with Gasteiger partial charge in [-0.05, 0) is 22.4 Å². The summed E-state index contributed by atoms with van der Waals surface area (Å²) in [5.74, 6) is 7.43. The standard InChI is InChI=1S/C10H16BrN5O/c1-17-5-7-2-3-16(4-7)10-8(11)9(15-12)13-6-14-10/h6-7H,2-5,12H2,1H3,(H,13,14,15). The Kier molecular flexibility index (Phi) is 4.14. The zero-order chi connectivity index (χ0) is 12.3. The maximum absolute atomic E-state index is 5.38. The largest absolute Gasteiger partial charge is 0.384 e. The monoisotopic (exact) mass is 301 g/mol. The van der Waals surface area contributed by atoms with E-state index in [0.717, 1.165) is 36.4 Å². The zero-order valence-electron chi connectivity index (χ0n) is 9.69. The second kappa shape index (κ2) is 5.61. The minimum absolute atomic E-state index is 0.566. The lowest BCUT2D eigenvalue weighted by Crippen LogP contribution is -2.23. The molecule has 94 valence electrons. The molecule has 1 aliphatic rings. The van der Waals surface area contributed by atoms with Crippen molar-refractivity contribution in [3.63, 3.8) is 0 Å². The summed E-state index contributed by atoms with van der Waals surface area (Å²) in [6.45, 7) is 2.72. The highest BCUT2D eigenvalue weighted by Crippen LogP contribution is 2.32. The van der Waals surface area contributed by atoms with Gasteiger partial charge in [-0.15, -0.1) is 0 Å². The summed E-state index contributed by atoms with van der Waals surface area (Å²) < 4.78 is 5.99. The number of rotatable bonds is 4. The highest BCUT2D eigenvalue weighted by atomic mass is 79.9. The average Bonchev–Trinajstić information content (AvgIpc) is 2.78. The lowest BCUT2D eigenvalue weighted by molar-refractivity contribution is 0.161. The number of nitrogens with two attached hydrogens (primary N) is 1. The molecule has 1 aromatic heterocycles. The summed E-state index contributed by atoms with van der Waals surface area (Å²) in [6.07, 6.45) is 2.63. The first-order valence-corrected chi connectivity index (χ1v) is 6.26. The summed E-state index contributed by atoms with van der Waals surface area (Å²) in [4.78, 5) is 10.6. The van der Waals surface area contributed by atoms with E-state index in [-0.39, 0.29) is 0 Å². The van der Waals surface area contributed by atoms with Crippen LogP contribution in [0.15, 0.2) is 10.8 Å². The van der Waals surface area contributed by atoms with Crippen LogP contribution in [0.1, 0.15) is 6.42 Å². The molecular weight excluding hydrogens is 286 g/mol. The summed E-state index contributed by atoms with van der Waals surface area (Å²) in [6, 6.07) is 0. The van der Waals surface area contributed by atoms with Gasteiger partial charge in [-0.3, -0.25) is 0 Å². The molecule has 0 amide bonds. The predicted molar refractivity (Wildman–Crippen MR) is 69.7 cm³/mol. The Labute approximate surface area is 109 Å². The van der Waals surface area contributed by atoms with E-state index in [1.807, 2.05) is 0 Å². The van der Waals surface area contributed by atoms with E-state index in [1.165, 1.54) is 6.33 Å². The Balaban J connectivity index is 2.13. The number of hydrazine groups is 1. The predicted octanol–water partition coefficient (Wildman–Crippen LogP) is 0.997. The van der Waals surface area contributed by atoms with Gasteiger partial charge in [-0.2, -0.15) is 0 Å².